The fourth-order valence-electron chi connectivity index (χ4n) is 2.25. The van der Waals surface area contributed by atoms with E-state index in [0.29, 0.717) is 11.3 Å². The van der Waals surface area contributed by atoms with Crippen LogP contribution in [0.3, 0.4) is 0 Å². The van der Waals surface area contributed by atoms with E-state index in [2.05, 4.69) is 10.2 Å². The highest BCUT2D eigenvalue weighted by Crippen LogP contribution is 2.24. The lowest BCUT2D eigenvalue weighted by molar-refractivity contribution is -0.0194. The fraction of sp³-hybridized carbons (Fsp3) is 0.143. The lowest BCUT2D eigenvalue weighted by Gasteiger charge is -2.14. The molecular formula is C21H20N2O2. The smallest absolute Gasteiger partial charge is 0.224 e. The molecule has 1 N–H and O–H groups in total. The van der Waals surface area contributed by atoms with Gasteiger partial charge in [-0.1, -0.05) is 47.5 Å². The van der Waals surface area contributed by atoms with Crippen LogP contribution in [0.15, 0.2) is 83.0 Å². The molecule has 1 atom stereocenters. The Morgan fingerprint density at radius 3 is 1.64 bits per heavy atom. The van der Waals surface area contributed by atoms with Gasteiger partial charge >= 0.3 is 0 Å². The van der Waals surface area contributed by atoms with Gasteiger partial charge in [-0.25, -0.2) is 0 Å². The topological polar surface area (TPSA) is 54.2 Å². The largest absolute Gasteiger partial charge is 0.461 e. The molecule has 1 unspecified atom stereocenters. The van der Waals surface area contributed by atoms with Gasteiger partial charge in [-0.15, -0.1) is 0 Å². The third-order valence-electron chi connectivity index (χ3n) is 3.76. The molecule has 3 aromatic rings. The van der Waals surface area contributed by atoms with Crippen LogP contribution in [0, 0.1) is 13.8 Å². The summed E-state index contributed by atoms with van der Waals surface area (Å²) in [5, 5.41) is 18.5. The average Bonchev–Trinajstić information content (AvgIpc) is 2.63. The van der Waals surface area contributed by atoms with E-state index in [-0.39, 0.29) is 0 Å². The predicted octanol–water partition coefficient (Wildman–Crippen LogP) is 5.79. The first kappa shape index (κ1) is 16.9. The molecule has 0 saturated carbocycles. The first-order valence-corrected chi connectivity index (χ1v) is 8.10. The van der Waals surface area contributed by atoms with Gasteiger partial charge in [0.25, 0.3) is 0 Å². The molecule has 0 aromatic heterocycles. The molecule has 4 heteroatoms. The normalized spacial score (nSPS) is 12.3. The quantitative estimate of drug-likeness (QED) is 0.475. The molecule has 3 aromatic carbocycles. The molecule has 0 spiro atoms. The van der Waals surface area contributed by atoms with Gasteiger partial charge in [-0.3, -0.25) is 0 Å². The summed E-state index contributed by atoms with van der Waals surface area (Å²) in [5.74, 6) is 0.572. The van der Waals surface area contributed by atoms with Crippen LogP contribution in [0.2, 0.25) is 0 Å². The number of ether oxygens (including phenoxy) is 1. The number of benzene rings is 3. The highest BCUT2D eigenvalue weighted by molar-refractivity contribution is 5.43. The Labute approximate surface area is 147 Å². The van der Waals surface area contributed by atoms with Crippen molar-refractivity contribution in [3.8, 4) is 5.75 Å². The van der Waals surface area contributed by atoms with Crippen LogP contribution in [0.25, 0.3) is 0 Å². The number of azo groups is 1. The number of aliphatic hydroxyl groups is 1. The zero-order valence-electron chi connectivity index (χ0n) is 14.3. The molecule has 0 aliphatic carbocycles. The minimum Gasteiger partial charge on any atom is -0.461 e. The van der Waals surface area contributed by atoms with Crippen LogP contribution in [0.5, 0.6) is 5.75 Å². The van der Waals surface area contributed by atoms with E-state index >= 15 is 0 Å². The Bertz CT molecular complexity index is 839. The number of aryl methyl sites for hydroxylation is 2. The summed E-state index contributed by atoms with van der Waals surface area (Å²) in [6, 6.07) is 22.6. The van der Waals surface area contributed by atoms with Gasteiger partial charge in [0.15, 0.2) is 0 Å². The average molecular weight is 332 g/mol. The van der Waals surface area contributed by atoms with E-state index in [1.807, 2.05) is 62.4 Å². The van der Waals surface area contributed by atoms with E-state index in [9.17, 15) is 5.11 Å². The molecule has 0 aliphatic heterocycles. The molecule has 0 fully saturated rings. The maximum absolute atomic E-state index is 10.1. The number of nitrogens with zero attached hydrogens (tertiary/aromatic N) is 2. The van der Waals surface area contributed by atoms with Crippen molar-refractivity contribution in [1.82, 2.24) is 0 Å². The Balaban J connectivity index is 1.63. The molecule has 0 bridgehead atoms. The van der Waals surface area contributed by atoms with Crippen molar-refractivity contribution in [2.75, 3.05) is 0 Å². The second-order valence-electron chi connectivity index (χ2n) is 5.91. The Morgan fingerprint density at radius 1 is 0.680 bits per heavy atom. The van der Waals surface area contributed by atoms with Gasteiger partial charge in [-0.2, -0.15) is 10.2 Å². The SMILES string of the molecule is Cc1ccc(/N=N/c2ccc(OC(O)c3ccc(C)cc3)cc2)cc1. The summed E-state index contributed by atoms with van der Waals surface area (Å²) in [4.78, 5) is 0. The molecule has 0 heterocycles. The molecule has 0 radical (unpaired) electrons. The summed E-state index contributed by atoms with van der Waals surface area (Å²) in [5.41, 5.74) is 4.57. The summed E-state index contributed by atoms with van der Waals surface area (Å²) in [6.45, 7) is 4.03. The highest BCUT2D eigenvalue weighted by Gasteiger charge is 2.08. The van der Waals surface area contributed by atoms with Gasteiger partial charge in [-0.05, 0) is 50.2 Å². The lowest BCUT2D eigenvalue weighted by atomic mass is 10.1. The van der Waals surface area contributed by atoms with E-state index in [1.54, 1.807) is 24.3 Å². The minimum absolute atomic E-state index is 0.572. The standard InChI is InChI=1S/C21H20N2O2/c1-15-3-7-17(8-4-15)21(24)25-20-13-11-19(12-14-20)23-22-18-9-5-16(2)6-10-18/h3-14,21,24H,1-2H3/b23-22+. The number of aliphatic hydroxyl groups excluding tert-OH is 1. The molecule has 0 aliphatic rings. The molecule has 4 nitrogen and oxygen atoms in total. The third kappa shape index (κ3) is 4.75. The first-order chi connectivity index (χ1) is 12.1. The van der Waals surface area contributed by atoms with E-state index in [0.717, 1.165) is 16.9 Å². The zero-order valence-corrected chi connectivity index (χ0v) is 14.3. The second kappa shape index (κ2) is 7.73. The minimum atomic E-state index is -0.999. The molecular weight excluding hydrogens is 312 g/mol. The molecule has 126 valence electrons. The van der Waals surface area contributed by atoms with Crippen molar-refractivity contribution in [1.29, 1.82) is 0 Å². The van der Waals surface area contributed by atoms with Gasteiger partial charge in [0.05, 0.1) is 11.4 Å². The number of rotatable bonds is 5. The highest BCUT2D eigenvalue weighted by atomic mass is 16.6. The maximum Gasteiger partial charge on any atom is 0.224 e. The van der Waals surface area contributed by atoms with Gasteiger partial charge in [0, 0.05) is 5.56 Å². The number of hydrogen-bond donors (Lipinski definition) is 1. The van der Waals surface area contributed by atoms with Gasteiger partial charge < -0.3 is 9.84 Å². The van der Waals surface area contributed by atoms with Crippen LogP contribution in [-0.2, 0) is 0 Å². The summed E-state index contributed by atoms with van der Waals surface area (Å²) in [7, 11) is 0. The van der Waals surface area contributed by atoms with E-state index in [1.165, 1.54) is 5.56 Å². The first-order valence-electron chi connectivity index (χ1n) is 8.10. The summed E-state index contributed by atoms with van der Waals surface area (Å²) >= 11 is 0. The fourth-order valence-corrected chi connectivity index (χ4v) is 2.25. The van der Waals surface area contributed by atoms with Crippen LogP contribution < -0.4 is 4.74 Å². The van der Waals surface area contributed by atoms with Crippen molar-refractivity contribution in [3.05, 3.63) is 89.5 Å². The van der Waals surface area contributed by atoms with Crippen molar-refractivity contribution in [3.63, 3.8) is 0 Å². The van der Waals surface area contributed by atoms with E-state index in [4.69, 9.17) is 4.74 Å². The zero-order chi connectivity index (χ0) is 17.6. The molecule has 0 saturated heterocycles. The number of hydrogen-bond acceptors (Lipinski definition) is 4. The Morgan fingerprint density at radius 2 is 1.12 bits per heavy atom. The Hall–Kier alpha value is -2.98. The lowest BCUT2D eigenvalue weighted by Crippen LogP contribution is -2.06. The summed E-state index contributed by atoms with van der Waals surface area (Å²) in [6.07, 6.45) is -0.999. The van der Waals surface area contributed by atoms with Gasteiger partial charge in [0.2, 0.25) is 6.29 Å². The van der Waals surface area contributed by atoms with Crippen LogP contribution in [0.1, 0.15) is 23.0 Å². The predicted molar refractivity (Wildman–Crippen MR) is 98.6 cm³/mol. The third-order valence-corrected chi connectivity index (χ3v) is 3.76. The molecule has 25 heavy (non-hydrogen) atoms. The van der Waals surface area contributed by atoms with E-state index < -0.39 is 6.29 Å². The van der Waals surface area contributed by atoms with Crippen LogP contribution >= 0.6 is 0 Å². The van der Waals surface area contributed by atoms with Crippen LogP contribution in [-0.4, -0.2) is 5.11 Å². The maximum atomic E-state index is 10.1. The summed E-state index contributed by atoms with van der Waals surface area (Å²) < 4.78 is 5.55. The van der Waals surface area contributed by atoms with Crippen molar-refractivity contribution >= 4 is 11.4 Å². The van der Waals surface area contributed by atoms with Crippen molar-refractivity contribution in [2.24, 2.45) is 10.2 Å². The monoisotopic (exact) mass is 332 g/mol. The van der Waals surface area contributed by atoms with Crippen LogP contribution in [0.4, 0.5) is 11.4 Å². The van der Waals surface area contributed by atoms with Gasteiger partial charge in [0.1, 0.15) is 5.75 Å². The van der Waals surface area contributed by atoms with Crippen molar-refractivity contribution < 1.29 is 9.84 Å². The van der Waals surface area contributed by atoms with Crippen molar-refractivity contribution in [2.45, 2.75) is 20.1 Å². The second-order valence-corrected chi connectivity index (χ2v) is 5.91. The molecule has 3 rings (SSSR count). The Kier molecular flexibility index (Phi) is 5.21. The molecule has 0 amide bonds.